The molecule has 0 radical (unpaired) electrons. The van der Waals surface area contributed by atoms with Crippen molar-refractivity contribution in [1.29, 1.82) is 0 Å². The number of methoxy groups -OCH3 is 1. The maximum absolute atomic E-state index is 13.2. The molecule has 158 valence electrons. The Bertz CT molecular complexity index is 1050. The van der Waals surface area contributed by atoms with Gasteiger partial charge in [0.25, 0.3) is 5.91 Å². The molecule has 2 aromatic rings. The first-order valence-corrected chi connectivity index (χ1v) is 11.3. The van der Waals surface area contributed by atoms with Crippen molar-refractivity contribution in [1.82, 2.24) is 19.2 Å². The number of pyridine rings is 1. The number of hydrogen-bond donors (Lipinski definition) is 0. The fraction of sp³-hybridized carbons (Fsp3) is 0.591. The van der Waals surface area contributed by atoms with E-state index < -0.39 is 0 Å². The summed E-state index contributed by atoms with van der Waals surface area (Å²) in [4.78, 5) is 34.1. The first kappa shape index (κ1) is 18.5. The second-order valence-electron chi connectivity index (χ2n) is 9.26. The van der Waals surface area contributed by atoms with Gasteiger partial charge in [-0.25, -0.2) is 4.98 Å². The van der Waals surface area contributed by atoms with Crippen LogP contribution in [0.4, 0.5) is 0 Å². The van der Waals surface area contributed by atoms with Gasteiger partial charge in [0, 0.05) is 25.3 Å². The fourth-order valence-electron chi connectivity index (χ4n) is 5.37. The van der Waals surface area contributed by atoms with Crippen LogP contribution in [0, 0.1) is 11.8 Å². The predicted octanol–water partition coefficient (Wildman–Crippen LogP) is 2.96. The third-order valence-corrected chi connectivity index (χ3v) is 7.69. The molecule has 2 amide bonds. The van der Waals surface area contributed by atoms with E-state index in [-0.39, 0.29) is 29.2 Å². The van der Waals surface area contributed by atoms with Gasteiger partial charge < -0.3 is 14.5 Å². The van der Waals surface area contributed by atoms with Crippen LogP contribution >= 0.6 is 11.6 Å². The van der Waals surface area contributed by atoms with Crippen molar-refractivity contribution >= 4 is 29.1 Å². The number of carbonyl (C=O) groups excluding carboxylic acids is 2. The maximum atomic E-state index is 13.2. The molecule has 4 aliphatic rings. The topological polar surface area (TPSA) is 67.2 Å². The number of aromatic nitrogens is 2. The molecule has 0 spiro atoms. The van der Waals surface area contributed by atoms with Crippen molar-refractivity contribution in [2.45, 2.75) is 44.1 Å². The van der Waals surface area contributed by atoms with Gasteiger partial charge in [-0.2, -0.15) is 0 Å². The molecule has 0 N–H and O–H groups in total. The van der Waals surface area contributed by atoms with E-state index in [1.54, 1.807) is 16.4 Å². The molecule has 3 heterocycles. The molecule has 6 rings (SSSR count). The summed E-state index contributed by atoms with van der Waals surface area (Å²) in [7, 11) is 1.60. The maximum Gasteiger partial charge on any atom is 0.276 e. The van der Waals surface area contributed by atoms with Gasteiger partial charge in [0.15, 0.2) is 17.1 Å². The molecule has 1 aliphatic heterocycles. The van der Waals surface area contributed by atoms with E-state index in [0.29, 0.717) is 36.4 Å². The van der Waals surface area contributed by atoms with Crippen LogP contribution in [0.2, 0.25) is 5.15 Å². The van der Waals surface area contributed by atoms with Crippen LogP contribution in [0.25, 0.3) is 5.65 Å². The quantitative estimate of drug-likeness (QED) is 0.750. The lowest BCUT2D eigenvalue weighted by molar-refractivity contribution is -0.137. The summed E-state index contributed by atoms with van der Waals surface area (Å²) in [6.07, 6.45) is 7.86. The smallest absolute Gasteiger partial charge is 0.276 e. The van der Waals surface area contributed by atoms with Crippen molar-refractivity contribution in [2.75, 3.05) is 26.7 Å². The van der Waals surface area contributed by atoms with E-state index in [4.69, 9.17) is 16.3 Å². The number of hydrogen-bond acceptors (Lipinski definition) is 4. The lowest BCUT2D eigenvalue weighted by Crippen LogP contribution is -2.55. The first-order chi connectivity index (χ1) is 14.5. The second-order valence-corrected chi connectivity index (χ2v) is 9.61. The van der Waals surface area contributed by atoms with Gasteiger partial charge in [0.1, 0.15) is 11.7 Å². The molecule has 4 fully saturated rings. The molecule has 1 saturated heterocycles. The van der Waals surface area contributed by atoms with Crippen LogP contribution in [-0.4, -0.2) is 63.8 Å². The van der Waals surface area contributed by atoms with Gasteiger partial charge >= 0.3 is 0 Å². The third kappa shape index (κ3) is 2.89. The average Bonchev–Trinajstić information content (AvgIpc) is 3.67. The van der Waals surface area contributed by atoms with E-state index in [1.165, 1.54) is 6.42 Å². The van der Waals surface area contributed by atoms with Crippen LogP contribution in [-0.2, 0) is 4.79 Å². The average molecular weight is 429 g/mol. The van der Waals surface area contributed by atoms with Crippen LogP contribution < -0.4 is 4.74 Å². The molecular weight excluding hydrogens is 404 g/mol. The van der Waals surface area contributed by atoms with Gasteiger partial charge in [0.2, 0.25) is 5.91 Å². The summed E-state index contributed by atoms with van der Waals surface area (Å²) in [5.74, 6) is 2.54. The van der Waals surface area contributed by atoms with Gasteiger partial charge in [-0.05, 0) is 61.5 Å². The molecule has 30 heavy (non-hydrogen) atoms. The summed E-state index contributed by atoms with van der Waals surface area (Å²) in [6.45, 7) is 1.21. The van der Waals surface area contributed by atoms with Gasteiger partial charge in [0.05, 0.1) is 7.11 Å². The minimum atomic E-state index is -0.291. The molecule has 3 aliphatic carbocycles. The highest BCUT2D eigenvalue weighted by atomic mass is 35.5. The Labute approximate surface area is 179 Å². The largest absolute Gasteiger partial charge is 0.493 e. The SMILES string of the molecule is COc1cc(C2CC2)cn2c(Cl)c(C(=O)N3CCN(C4CC5CC5C4)C(=O)C3)nc12. The van der Waals surface area contributed by atoms with Crippen molar-refractivity contribution < 1.29 is 14.3 Å². The summed E-state index contributed by atoms with van der Waals surface area (Å²) in [6, 6.07) is 2.35. The Kier molecular flexibility index (Phi) is 4.07. The van der Waals surface area contributed by atoms with E-state index in [0.717, 1.165) is 43.1 Å². The van der Waals surface area contributed by atoms with E-state index in [9.17, 15) is 9.59 Å². The number of ether oxygens (including phenoxy) is 1. The Hall–Kier alpha value is -2.28. The van der Waals surface area contributed by atoms with Gasteiger partial charge in [-0.1, -0.05) is 11.6 Å². The zero-order chi connectivity index (χ0) is 20.6. The van der Waals surface area contributed by atoms with E-state index in [1.807, 2.05) is 17.2 Å². The third-order valence-electron chi connectivity index (χ3n) is 7.32. The lowest BCUT2D eigenvalue weighted by Gasteiger charge is -2.38. The number of amides is 2. The molecule has 7 nitrogen and oxygen atoms in total. The number of fused-ring (bicyclic) bond motifs is 2. The second kappa shape index (κ2) is 6.61. The fourth-order valence-corrected chi connectivity index (χ4v) is 5.62. The van der Waals surface area contributed by atoms with Crippen LogP contribution in [0.3, 0.4) is 0 Å². The molecule has 3 saturated carbocycles. The molecule has 2 aromatic heterocycles. The highest BCUT2D eigenvalue weighted by molar-refractivity contribution is 6.33. The van der Waals surface area contributed by atoms with Crippen LogP contribution in [0.15, 0.2) is 12.3 Å². The molecule has 2 unspecified atom stereocenters. The monoisotopic (exact) mass is 428 g/mol. The van der Waals surface area contributed by atoms with E-state index >= 15 is 0 Å². The Morgan fingerprint density at radius 1 is 1.20 bits per heavy atom. The van der Waals surface area contributed by atoms with Gasteiger partial charge in [-0.3, -0.25) is 14.0 Å². The molecule has 0 bridgehead atoms. The zero-order valence-corrected chi connectivity index (χ0v) is 17.8. The number of halogens is 1. The van der Waals surface area contributed by atoms with Crippen molar-refractivity contribution in [2.24, 2.45) is 11.8 Å². The van der Waals surface area contributed by atoms with Crippen molar-refractivity contribution in [3.8, 4) is 5.75 Å². The number of rotatable bonds is 4. The highest BCUT2D eigenvalue weighted by Gasteiger charge is 2.49. The Morgan fingerprint density at radius 3 is 2.63 bits per heavy atom. The lowest BCUT2D eigenvalue weighted by atomic mass is 10.1. The van der Waals surface area contributed by atoms with Crippen LogP contribution in [0.5, 0.6) is 5.75 Å². The molecular formula is C22H25ClN4O3. The summed E-state index contributed by atoms with van der Waals surface area (Å²) in [5.41, 5.74) is 1.87. The number of imidazole rings is 1. The number of piperazine rings is 1. The minimum absolute atomic E-state index is 0.0365. The molecule has 0 aromatic carbocycles. The Morgan fingerprint density at radius 2 is 1.97 bits per heavy atom. The van der Waals surface area contributed by atoms with Gasteiger partial charge in [-0.15, -0.1) is 0 Å². The predicted molar refractivity (Wildman–Crippen MR) is 111 cm³/mol. The normalized spacial score (nSPS) is 28.2. The first-order valence-electron chi connectivity index (χ1n) is 10.9. The number of carbonyl (C=O) groups is 2. The number of nitrogens with zero attached hydrogens (tertiary/aromatic N) is 4. The molecule has 8 heteroatoms. The summed E-state index contributed by atoms with van der Waals surface area (Å²) in [5, 5.41) is 0.279. The van der Waals surface area contributed by atoms with Crippen LogP contribution in [0.1, 0.15) is 54.1 Å². The van der Waals surface area contributed by atoms with Crippen molar-refractivity contribution in [3.63, 3.8) is 0 Å². The summed E-state index contributed by atoms with van der Waals surface area (Å²) >= 11 is 6.59. The Balaban J connectivity index is 1.24. The highest BCUT2D eigenvalue weighted by Crippen LogP contribution is 2.53. The molecule has 2 atom stereocenters. The standard InChI is InChI=1S/C22H25ClN4O3/c1-30-17-9-15(12-2-3-12)10-27-20(23)19(24-21(17)27)22(29)25-4-5-26(18(28)11-25)16-7-13-6-14(13)8-16/h9-10,12-14,16H,2-8,11H2,1H3. The summed E-state index contributed by atoms with van der Waals surface area (Å²) < 4.78 is 7.25. The minimum Gasteiger partial charge on any atom is -0.493 e. The van der Waals surface area contributed by atoms with Crippen molar-refractivity contribution in [3.05, 3.63) is 28.7 Å². The van der Waals surface area contributed by atoms with E-state index in [2.05, 4.69) is 4.98 Å². The zero-order valence-electron chi connectivity index (χ0n) is 17.0.